The van der Waals surface area contributed by atoms with Gasteiger partial charge in [-0.15, -0.1) is 0 Å². The maximum atomic E-state index is 12.4. The number of rotatable bonds is 8. The molecule has 0 atom stereocenters. The molecule has 0 radical (unpaired) electrons. The van der Waals surface area contributed by atoms with Crippen molar-refractivity contribution in [3.8, 4) is 0 Å². The largest absolute Gasteiger partial charge is 0.454 e. The minimum atomic E-state index is -1.01. The van der Waals surface area contributed by atoms with Gasteiger partial charge in [0.25, 0.3) is 17.7 Å². The average molecular weight is 404 g/mol. The lowest BCUT2D eigenvalue weighted by atomic mass is 9.93. The Bertz CT molecular complexity index is 834. The maximum Gasteiger partial charge on any atom is 0.326 e. The fourth-order valence-electron chi connectivity index (χ4n) is 2.95. The Labute approximate surface area is 168 Å². The summed E-state index contributed by atoms with van der Waals surface area (Å²) in [5, 5.41) is 7.58. The molecule has 0 unspecified atom stereocenters. The predicted octanol–water partition coefficient (Wildman–Crippen LogP) is 0.638. The molecular formula is C19H24N4O6. The van der Waals surface area contributed by atoms with E-state index in [9.17, 15) is 24.0 Å². The quantitative estimate of drug-likeness (QED) is 0.430. The molecule has 5 amide bonds. The van der Waals surface area contributed by atoms with E-state index in [0.29, 0.717) is 24.1 Å². The fourth-order valence-corrected chi connectivity index (χ4v) is 2.95. The first-order valence-corrected chi connectivity index (χ1v) is 9.18. The number of carbonyl (C=O) groups excluding carboxylic acids is 5. The molecule has 2 rings (SSSR count). The van der Waals surface area contributed by atoms with Crippen molar-refractivity contribution in [3.63, 3.8) is 0 Å². The normalized spacial score (nSPS) is 14.9. The van der Waals surface area contributed by atoms with E-state index in [-0.39, 0.29) is 5.91 Å². The van der Waals surface area contributed by atoms with Crippen LogP contribution in [-0.2, 0) is 19.1 Å². The topological polar surface area (TPSA) is 134 Å². The van der Waals surface area contributed by atoms with Crippen molar-refractivity contribution < 1.29 is 28.7 Å². The smallest absolute Gasteiger partial charge is 0.326 e. The van der Waals surface area contributed by atoms with Gasteiger partial charge in [-0.3, -0.25) is 24.1 Å². The molecule has 1 heterocycles. The Balaban J connectivity index is 1.88. The van der Waals surface area contributed by atoms with Crippen LogP contribution in [0.25, 0.3) is 0 Å². The first kappa shape index (κ1) is 21.9. The van der Waals surface area contributed by atoms with E-state index < -0.39 is 42.5 Å². The third kappa shape index (κ3) is 4.89. The molecule has 1 aromatic carbocycles. The van der Waals surface area contributed by atoms with Crippen molar-refractivity contribution in [2.24, 2.45) is 0 Å². The van der Waals surface area contributed by atoms with E-state index in [2.05, 4.69) is 16.0 Å². The van der Waals surface area contributed by atoms with Gasteiger partial charge in [0.15, 0.2) is 6.61 Å². The number of anilines is 1. The molecule has 0 aromatic heterocycles. The number of amides is 5. The van der Waals surface area contributed by atoms with Crippen molar-refractivity contribution in [3.05, 3.63) is 29.8 Å². The summed E-state index contributed by atoms with van der Waals surface area (Å²) < 4.78 is 4.86. The zero-order valence-electron chi connectivity index (χ0n) is 16.5. The van der Waals surface area contributed by atoms with Gasteiger partial charge in [0, 0.05) is 18.3 Å². The van der Waals surface area contributed by atoms with Crippen molar-refractivity contribution in [1.29, 1.82) is 0 Å². The molecule has 0 bridgehead atoms. The number of urea groups is 1. The second-order valence-electron chi connectivity index (χ2n) is 6.48. The molecule has 1 aliphatic heterocycles. The van der Waals surface area contributed by atoms with E-state index in [4.69, 9.17) is 4.74 Å². The van der Waals surface area contributed by atoms with Crippen molar-refractivity contribution >= 4 is 35.4 Å². The molecule has 10 heteroatoms. The SMILES string of the molecule is CCC1(CC)NC(=O)N(CC(=O)OCC(=O)Nc2cccc(C(=O)NC)c2)C1=O. The first-order valence-electron chi connectivity index (χ1n) is 9.18. The summed E-state index contributed by atoms with van der Waals surface area (Å²) in [5.41, 5.74) is -0.294. The van der Waals surface area contributed by atoms with Crippen LogP contribution in [-0.4, -0.2) is 60.4 Å². The molecule has 0 spiro atoms. The number of carbonyl (C=O) groups is 5. The summed E-state index contributed by atoms with van der Waals surface area (Å²) in [6.45, 7) is 2.37. The zero-order valence-corrected chi connectivity index (χ0v) is 16.5. The van der Waals surface area contributed by atoms with Gasteiger partial charge in [-0.25, -0.2) is 4.79 Å². The molecule has 156 valence electrons. The van der Waals surface area contributed by atoms with E-state index in [0.717, 1.165) is 4.90 Å². The lowest BCUT2D eigenvalue weighted by Gasteiger charge is -2.22. The standard InChI is InChI=1S/C19H24N4O6/c1-4-19(5-2)17(27)23(18(28)22-19)10-15(25)29-11-14(24)21-13-8-6-7-12(9-13)16(26)20-3/h6-9H,4-5,10-11H2,1-3H3,(H,20,26)(H,21,24)(H,22,28). The number of hydrogen-bond donors (Lipinski definition) is 3. The van der Waals surface area contributed by atoms with Crippen LogP contribution < -0.4 is 16.0 Å². The molecule has 1 saturated heterocycles. The van der Waals surface area contributed by atoms with Gasteiger partial charge in [-0.05, 0) is 31.0 Å². The molecule has 0 aliphatic carbocycles. The summed E-state index contributed by atoms with van der Waals surface area (Å²) >= 11 is 0. The molecule has 1 fully saturated rings. The molecule has 0 saturated carbocycles. The highest BCUT2D eigenvalue weighted by Crippen LogP contribution is 2.24. The first-order chi connectivity index (χ1) is 13.8. The molecule has 29 heavy (non-hydrogen) atoms. The maximum absolute atomic E-state index is 12.4. The lowest BCUT2D eigenvalue weighted by molar-refractivity contribution is -0.150. The molecule has 3 N–H and O–H groups in total. The van der Waals surface area contributed by atoms with E-state index in [1.54, 1.807) is 32.0 Å². The summed E-state index contributed by atoms with van der Waals surface area (Å²) in [4.78, 5) is 60.8. The highest BCUT2D eigenvalue weighted by Gasteiger charge is 2.49. The van der Waals surface area contributed by atoms with E-state index in [1.807, 2.05) is 0 Å². The molecule has 1 aromatic rings. The highest BCUT2D eigenvalue weighted by molar-refractivity contribution is 6.08. The summed E-state index contributed by atoms with van der Waals surface area (Å²) in [5.74, 6) is -2.30. The van der Waals surface area contributed by atoms with Gasteiger partial charge < -0.3 is 20.7 Å². The Morgan fingerprint density at radius 2 is 1.86 bits per heavy atom. The number of esters is 1. The third-order valence-corrected chi connectivity index (χ3v) is 4.74. The van der Waals surface area contributed by atoms with Crippen LogP contribution in [0.1, 0.15) is 37.0 Å². The number of nitrogens with one attached hydrogen (secondary N) is 3. The minimum Gasteiger partial charge on any atom is -0.454 e. The van der Waals surface area contributed by atoms with Gasteiger partial charge in [0.2, 0.25) is 0 Å². The van der Waals surface area contributed by atoms with Crippen LogP contribution in [0, 0.1) is 0 Å². The monoisotopic (exact) mass is 404 g/mol. The van der Waals surface area contributed by atoms with Gasteiger partial charge in [-0.2, -0.15) is 0 Å². The van der Waals surface area contributed by atoms with Gasteiger partial charge in [-0.1, -0.05) is 19.9 Å². The molecule has 1 aliphatic rings. The van der Waals surface area contributed by atoms with Crippen LogP contribution >= 0.6 is 0 Å². The van der Waals surface area contributed by atoms with Gasteiger partial charge in [0.05, 0.1) is 0 Å². The number of imide groups is 1. The second-order valence-corrected chi connectivity index (χ2v) is 6.48. The molecule has 10 nitrogen and oxygen atoms in total. The van der Waals surface area contributed by atoms with Crippen molar-refractivity contribution in [1.82, 2.24) is 15.5 Å². The third-order valence-electron chi connectivity index (χ3n) is 4.74. The fraction of sp³-hybridized carbons (Fsp3) is 0.421. The second kappa shape index (κ2) is 9.18. The van der Waals surface area contributed by atoms with Gasteiger partial charge in [0.1, 0.15) is 12.1 Å². The zero-order chi connectivity index (χ0) is 21.6. The average Bonchev–Trinajstić information content (AvgIpc) is 2.96. The van der Waals surface area contributed by atoms with E-state index >= 15 is 0 Å². The number of ether oxygens (including phenoxy) is 1. The Hall–Kier alpha value is -3.43. The van der Waals surface area contributed by atoms with Crippen molar-refractivity contribution in [2.75, 3.05) is 25.5 Å². The van der Waals surface area contributed by atoms with Crippen LogP contribution in [0.4, 0.5) is 10.5 Å². The lowest BCUT2D eigenvalue weighted by Crippen LogP contribution is -2.46. The van der Waals surface area contributed by atoms with Crippen molar-refractivity contribution in [2.45, 2.75) is 32.2 Å². The minimum absolute atomic E-state index is 0.309. The Morgan fingerprint density at radius 1 is 1.17 bits per heavy atom. The van der Waals surface area contributed by atoms with Crippen LogP contribution in [0.3, 0.4) is 0 Å². The van der Waals surface area contributed by atoms with Crippen LogP contribution in [0.2, 0.25) is 0 Å². The van der Waals surface area contributed by atoms with Gasteiger partial charge >= 0.3 is 12.0 Å². The number of hydrogen-bond acceptors (Lipinski definition) is 6. The Morgan fingerprint density at radius 3 is 2.45 bits per heavy atom. The number of benzene rings is 1. The summed E-state index contributed by atoms with van der Waals surface area (Å²) in [6.07, 6.45) is 0.800. The number of nitrogens with zero attached hydrogens (tertiary/aromatic N) is 1. The highest BCUT2D eigenvalue weighted by atomic mass is 16.5. The summed E-state index contributed by atoms with van der Waals surface area (Å²) in [7, 11) is 1.49. The van der Waals surface area contributed by atoms with Crippen LogP contribution in [0.5, 0.6) is 0 Å². The summed E-state index contributed by atoms with van der Waals surface area (Å²) in [6, 6.07) is 5.57. The van der Waals surface area contributed by atoms with E-state index in [1.165, 1.54) is 13.1 Å². The molecular weight excluding hydrogens is 380 g/mol. The predicted molar refractivity (Wildman–Crippen MR) is 103 cm³/mol. The van der Waals surface area contributed by atoms with Crippen LogP contribution in [0.15, 0.2) is 24.3 Å². The Kier molecular flexibility index (Phi) is 6.92.